The van der Waals surface area contributed by atoms with Crippen molar-refractivity contribution in [3.63, 3.8) is 0 Å². The van der Waals surface area contributed by atoms with Crippen LogP contribution >= 0.6 is 0 Å². The number of guanidine groups is 1. The number of anilines is 2. The number of nitrogens with one attached hydrogen (secondary N) is 3. The largest absolute Gasteiger partial charge is 0.505 e. The molecule has 0 radical (unpaired) electrons. The van der Waals surface area contributed by atoms with E-state index in [1.165, 1.54) is 0 Å². The van der Waals surface area contributed by atoms with Gasteiger partial charge >= 0.3 is 0 Å². The second-order valence-electron chi connectivity index (χ2n) is 8.99. The molecular weight excluding hydrogens is 420 g/mol. The van der Waals surface area contributed by atoms with Crippen LogP contribution in [0.3, 0.4) is 0 Å². The van der Waals surface area contributed by atoms with Crippen LogP contribution in [0, 0.1) is 5.41 Å². The highest BCUT2D eigenvalue weighted by Gasteiger charge is 2.43. The van der Waals surface area contributed by atoms with Gasteiger partial charge in [-0.05, 0) is 44.0 Å². The molecule has 172 valence electrons. The van der Waals surface area contributed by atoms with Crippen LogP contribution in [0.5, 0.6) is 5.75 Å². The van der Waals surface area contributed by atoms with Crippen molar-refractivity contribution in [2.75, 3.05) is 18.5 Å². The molecule has 3 heterocycles. The maximum absolute atomic E-state index is 13.1. The number of hydrogen-bond acceptors (Lipinski definition) is 6. The predicted octanol–water partition coefficient (Wildman–Crippen LogP) is 3.17. The zero-order valence-electron chi connectivity index (χ0n) is 18.8. The Labute approximate surface area is 191 Å². The normalized spacial score (nSPS) is 21.9. The Kier molecular flexibility index (Phi) is 5.20. The molecule has 3 aromatic rings. The molecule has 2 saturated heterocycles. The topological polar surface area (TPSA) is 116 Å². The minimum atomic E-state index is -0.898. The van der Waals surface area contributed by atoms with E-state index >= 15 is 0 Å². The van der Waals surface area contributed by atoms with E-state index in [1.54, 1.807) is 21.7 Å². The van der Waals surface area contributed by atoms with E-state index in [4.69, 9.17) is 10.1 Å². The number of ether oxygens (including phenoxy) is 1. The van der Waals surface area contributed by atoms with Crippen molar-refractivity contribution in [3.8, 4) is 5.75 Å². The first-order chi connectivity index (χ1) is 15.8. The van der Waals surface area contributed by atoms with Crippen LogP contribution in [0.15, 0.2) is 42.6 Å². The number of aromatic nitrogens is 2. The number of carbonyl (C=O) groups excluding carboxylic acids is 1. The average Bonchev–Trinajstić information content (AvgIpc) is 3.14. The van der Waals surface area contributed by atoms with Crippen LogP contribution in [-0.2, 0) is 22.1 Å². The van der Waals surface area contributed by atoms with Gasteiger partial charge in [0, 0.05) is 49.1 Å². The van der Waals surface area contributed by atoms with Crippen LogP contribution < -0.4 is 10.6 Å². The van der Waals surface area contributed by atoms with Crippen LogP contribution in [0.1, 0.15) is 31.7 Å². The van der Waals surface area contributed by atoms with Gasteiger partial charge in [-0.2, -0.15) is 5.10 Å². The van der Waals surface area contributed by atoms with Gasteiger partial charge in [0.15, 0.2) is 5.96 Å². The third kappa shape index (κ3) is 3.89. The average molecular weight is 449 g/mol. The number of benzene rings is 2. The Balaban J connectivity index is 1.40. The predicted molar refractivity (Wildman–Crippen MR) is 126 cm³/mol. The molecule has 2 aromatic carbocycles. The summed E-state index contributed by atoms with van der Waals surface area (Å²) in [6.45, 7) is 3.04. The summed E-state index contributed by atoms with van der Waals surface area (Å²) in [5, 5.41) is 31.5. The van der Waals surface area contributed by atoms with E-state index in [0.717, 1.165) is 29.4 Å². The molecule has 2 aliphatic rings. The number of phenolic OH excluding ortho intramolecular Hbond substituents is 1. The number of carbonyl (C=O) groups is 1. The van der Waals surface area contributed by atoms with E-state index in [1.807, 2.05) is 44.4 Å². The summed E-state index contributed by atoms with van der Waals surface area (Å²) < 4.78 is 7.16. The molecule has 1 atom stereocenters. The molecule has 1 amide bonds. The molecule has 2 fully saturated rings. The van der Waals surface area contributed by atoms with Crippen molar-refractivity contribution in [3.05, 3.63) is 48.2 Å². The lowest BCUT2D eigenvalue weighted by atomic mass is 9.85. The van der Waals surface area contributed by atoms with Crippen LogP contribution in [-0.4, -0.2) is 50.9 Å². The summed E-state index contributed by atoms with van der Waals surface area (Å²) in [5.74, 6) is 0.00674. The van der Waals surface area contributed by atoms with E-state index in [9.17, 15) is 9.90 Å². The molecule has 0 bridgehead atoms. The van der Waals surface area contributed by atoms with Crippen molar-refractivity contribution < 1.29 is 14.6 Å². The second-order valence-corrected chi connectivity index (χ2v) is 8.99. The van der Waals surface area contributed by atoms with E-state index in [2.05, 4.69) is 15.7 Å². The SMILES string of the molecule is Cn1cc2cc(Nc3cccc([C@]4(C)CC(=O)N(C5CCOCC5)C(=N)N4)c3O)ccc2n1. The molecular formula is C24H28N6O3. The maximum Gasteiger partial charge on any atom is 0.232 e. The lowest BCUT2D eigenvalue weighted by molar-refractivity contribution is -0.133. The number of phenols is 1. The molecule has 5 rings (SSSR count). The number of amides is 1. The molecule has 9 nitrogen and oxygen atoms in total. The molecule has 4 N–H and O–H groups in total. The van der Waals surface area contributed by atoms with Gasteiger partial charge in [0.05, 0.1) is 23.2 Å². The van der Waals surface area contributed by atoms with Gasteiger partial charge in [0.25, 0.3) is 0 Å². The third-order valence-corrected chi connectivity index (χ3v) is 6.49. The summed E-state index contributed by atoms with van der Waals surface area (Å²) >= 11 is 0. The quantitative estimate of drug-likeness (QED) is 0.456. The maximum atomic E-state index is 13.1. The van der Waals surface area contributed by atoms with Crippen molar-refractivity contribution in [2.45, 2.75) is 37.8 Å². The number of para-hydroxylation sites is 1. The van der Waals surface area contributed by atoms with E-state index in [0.29, 0.717) is 24.5 Å². The minimum absolute atomic E-state index is 0.0280. The Morgan fingerprint density at radius 3 is 2.82 bits per heavy atom. The Bertz CT molecular complexity index is 1210. The number of hydrogen-bond donors (Lipinski definition) is 4. The third-order valence-electron chi connectivity index (χ3n) is 6.49. The smallest absolute Gasteiger partial charge is 0.232 e. The number of aryl methyl sites for hydroxylation is 1. The molecule has 9 heteroatoms. The summed E-state index contributed by atoms with van der Waals surface area (Å²) in [4.78, 5) is 14.7. The first kappa shape index (κ1) is 21.3. The molecule has 33 heavy (non-hydrogen) atoms. The summed E-state index contributed by atoms with van der Waals surface area (Å²) in [6.07, 6.45) is 3.52. The van der Waals surface area contributed by atoms with Crippen molar-refractivity contribution in [2.24, 2.45) is 7.05 Å². The van der Waals surface area contributed by atoms with Gasteiger partial charge in [-0.1, -0.05) is 12.1 Å². The van der Waals surface area contributed by atoms with E-state index < -0.39 is 5.54 Å². The molecule has 1 aromatic heterocycles. The van der Waals surface area contributed by atoms with Crippen LogP contribution in [0.4, 0.5) is 11.4 Å². The molecule has 0 aliphatic carbocycles. The highest BCUT2D eigenvalue weighted by molar-refractivity contribution is 6.00. The van der Waals surface area contributed by atoms with Gasteiger partial charge in [0.2, 0.25) is 5.91 Å². The van der Waals surface area contributed by atoms with Gasteiger partial charge in [-0.25, -0.2) is 0 Å². The van der Waals surface area contributed by atoms with Crippen LogP contribution in [0.25, 0.3) is 10.9 Å². The molecule has 0 spiro atoms. The molecule has 0 unspecified atom stereocenters. The fourth-order valence-corrected chi connectivity index (χ4v) is 4.84. The lowest BCUT2D eigenvalue weighted by Gasteiger charge is -2.44. The van der Waals surface area contributed by atoms with Gasteiger partial charge < -0.3 is 20.5 Å². The van der Waals surface area contributed by atoms with Gasteiger partial charge in [-0.3, -0.25) is 19.8 Å². The first-order valence-corrected chi connectivity index (χ1v) is 11.1. The fraction of sp³-hybridized carbons (Fsp3) is 0.375. The number of aromatic hydroxyl groups is 1. The Hall–Kier alpha value is -3.59. The summed E-state index contributed by atoms with van der Waals surface area (Å²) in [6, 6.07) is 11.2. The zero-order chi connectivity index (χ0) is 23.2. The monoisotopic (exact) mass is 448 g/mol. The fourth-order valence-electron chi connectivity index (χ4n) is 4.84. The first-order valence-electron chi connectivity index (χ1n) is 11.1. The van der Waals surface area contributed by atoms with E-state index in [-0.39, 0.29) is 30.1 Å². The molecule has 2 aliphatic heterocycles. The molecule has 0 saturated carbocycles. The summed E-state index contributed by atoms with van der Waals surface area (Å²) in [5.41, 5.74) is 1.92. The van der Waals surface area contributed by atoms with Crippen molar-refractivity contribution in [1.29, 1.82) is 5.41 Å². The van der Waals surface area contributed by atoms with Gasteiger partial charge in [-0.15, -0.1) is 0 Å². The lowest BCUT2D eigenvalue weighted by Crippen LogP contribution is -2.62. The number of fused-ring (bicyclic) bond motifs is 1. The van der Waals surface area contributed by atoms with Crippen molar-refractivity contribution >= 4 is 34.1 Å². The van der Waals surface area contributed by atoms with Crippen LogP contribution in [0.2, 0.25) is 0 Å². The van der Waals surface area contributed by atoms with Crippen molar-refractivity contribution in [1.82, 2.24) is 20.0 Å². The highest BCUT2D eigenvalue weighted by atomic mass is 16.5. The Morgan fingerprint density at radius 1 is 1.27 bits per heavy atom. The highest BCUT2D eigenvalue weighted by Crippen LogP contribution is 2.40. The van der Waals surface area contributed by atoms with Gasteiger partial charge in [0.1, 0.15) is 5.75 Å². The Morgan fingerprint density at radius 2 is 2.06 bits per heavy atom. The second kappa shape index (κ2) is 8.08. The zero-order valence-corrected chi connectivity index (χ0v) is 18.8. The minimum Gasteiger partial charge on any atom is -0.505 e. The number of nitrogens with zero attached hydrogens (tertiary/aromatic N) is 3. The summed E-state index contributed by atoms with van der Waals surface area (Å²) in [7, 11) is 1.88. The number of rotatable bonds is 4. The standard InChI is InChI=1S/C24H28N6O3/c1-24(13-21(31)30(23(25)27-24)17-8-10-33-11-9-17)18-4-3-5-20(22(18)32)26-16-6-7-19-15(12-16)14-29(2)28-19/h3-7,12,14,17,26,32H,8-11,13H2,1-2H3,(H2,25,27)/t24-/m0/s1.